The summed E-state index contributed by atoms with van der Waals surface area (Å²) in [5.41, 5.74) is 3.40. The highest BCUT2D eigenvalue weighted by Crippen LogP contribution is 2.34. The number of piperazine rings is 1. The van der Waals surface area contributed by atoms with E-state index in [9.17, 15) is 4.79 Å². The Morgan fingerprint density at radius 3 is 2.57 bits per heavy atom. The molecule has 160 valence electrons. The highest BCUT2D eigenvalue weighted by Gasteiger charge is 2.26. The summed E-state index contributed by atoms with van der Waals surface area (Å²) < 4.78 is 5.78. The summed E-state index contributed by atoms with van der Waals surface area (Å²) in [5, 5.41) is 0.786. The second-order valence-electron chi connectivity index (χ2n) is 7.89. The Morgan fingerprint density at radius 2 is 1.80 bits per heavy atom. The van der Waals surface area contributed by atoms with Gasteiger partial charge in [0.15, 0.2) is 0 Å². The van der Waals surface area contributed by atoms with Crippen LogP contribution in [0, 0.1) is 0 Å². The minimum atomic E-state index is 0.224. The number of carbonyl (C=O) groups excluding carboxylic acids is 1. The Hall–Kier alpha value is -2.24. The fourth-order valence-corrected chi connectivity index (χ4v) is 4.63. The molecule has 2 heterocycles. The van der Waals surface area contributed by atoms with Crippen molar-refractivity contribution in [2.45, 2.75) is 26.2 Å². The quantitative estimate of drug-likeness (QED) is 0.662. The van der Waals surface area contributed by atoms with Gasteiger partial charge in [-0.2, -0.15) is 0 Å². The summed E-state index contributed by atoms with van der Waals surface area (Å²) in [6, 6.07) is 14.1. The molecule has 0 aliphatic carbocycles. The Balaban J connectivity index is 1.30. The summed E-state index contributed by atoms with van der Waals surface area (Å²) >= 11 is 6.13. The number of hydrogen-bond acceptors (Lipinski definition) is 4. The van der Waals surface area contributed by atoms with Gasteiger partial charge in [0.25, 0.3) is 0 Å². The van der Waals surface area contributed by atoms with Crippen LogP contribution < -0.4 is 14.5 Å². The smallest absolute Gasteiger partial charge is 0.227 e. The van der Waals surface area contributed by atoms with Crippen LogP contribution in [0.15, 0.2) is 42.5 Å². The van der Waals surface area contributed by atoms with Crippen molar-refractivity contribution in [1.82, 2.24) is 4.90 Å². The first kappa shape index (κ1) is 21.0. The highest BCUT2D eigenvalue weighted by molar-refractivity contribution is 6.30. The minimum absolute atomic E-state index is 0.224. The number of ether oxygens (including phenoxy) is 1. The lowest BCUT2D eigenvalue weighted by atomic mass is 9.99. The normalized spacial score (nSPS) is 17.2. The number of carbonyl (C=O) groups is 1. The second kappa shape index (κ2) is 9.71. The number of rotatable bonds is 7. The molecule has 0 aromatic heterocycles. The first-order valence-electron chi connectivity index (χ1n) is 10.9. The van der Waals surface area contributed by atoms with Gasteiger partial charge in [0.2, 0.25) is 5.91 Å². The lowest BCUT2D eigenvalue weighted by molar-refractivity contribution is -0.118. The molecule has 0 atom stereocenters. The van der Waals surface area contributed by atoms with E-state index >= 15 is 0 Å². The third-order valence-corrected chi connectivity index (χ3v) is 6.23. The average Bonchev–Trinajstić information content (AvgIpc) is 2.76. The Kier molecular flexibility index (Phi) is 6.80. The van der Waals surface area contributed by atoms with E-state index in [4.69, 9.17) is 16.3 Å². The summed E-state index contributed by atoms with van der Waals surface area (Å²) in [6.45, 7) is 8.48. The van der Waals surface area contributed by atoms with Gasteiger partial charge in [0.05, 0.1) is 12.3 Å². The van der Waals surface area contributed by atoms with Crippen LogP contribution in [0.2, 0.25) is 5.02 Å². The zero-order valence-electron chi connectivity index (χ0n) is 17.6. The van der Waals surface area contributed by atoms with Crippen LogP contribution in [0.5, 0.6) is 5.75 Å². The predicted molar refractivity (Wildman–Crippen MR) is 123 cm³/mol. The van der Waals surface area contributed by atoms with Crippen LogP contribution in [0.4, 0.5) is 11.4 Å². The largest absolute Gasteiger partial charge is 0.494 e. The molecular formula is C24H30ClN3O2. The van der Waals surface area contributed by atoms with Crippen molar-refractivity contribution < 1.29 is 9.53 Å². The monoisotopic (exact) mass is 427 g/mol. The number of fused-ring (bicyclic) bond motifs is 1. The molecule has 0 N–H and O–H groups in total. The van der Waals surface area contributed by atoms with E-state index in [1.54, 1.807) is 0 Å². The predicted octanol–water partition coefficient (Wildman–Crippen LogP) is 4.23. The molecule has 2 aliphatic heterocycles. The molecule has 0 bridgehead atoms. The van der Waals surface area contributed by atoms with Crippen LogP contribution in [-0.2, 0) is 11.2 Å². The molecule has 0 saturated carbocycles. The van der Waals surface area contributed by atoms with Crippen molar-refractivity contribution in [3.8, 4) is 5.75 Å². The number of hydrogen-bond donors (Lipinski definition) is 0. The molecule has 1 amide bonds. The maximum absolute atomic E-state index is 12.6. The van der Waals surface area contributed by atoms with E-state index in [2.05, 4.69) is 21.9 Å². The zero-order valence-corrected chi connectivity index (χ0v) is 18.4. The van der Waals surface area contributed by atoms with Gasteiger partial charge in [-0.1, -0.05) is 23.7 Å². The molecule has 5 nitrogen and oxygen atoms in total. The Morgan fingerprint density at radius 1 is 1.00 bits per heavy atom. The van der Waals surface area contributed by atoms with E-state index in [1.165, 1.54) is 11.3 Å². The van der Waals surface area contributed by atoms with Gasteiger partial charge in [-0.05, 0) is 56.6 Å². The number of nitrogens with zero attached hydrogens (tertiary/aromatic N) is 3. The standard InChI is InChI=1S/C24H30ClN3O2/c1-2-30-23-9-4-8-22-21(23)10-11-24(29)28(22)13-5-12-26-14-16-27(17-15-26)20-7-3-6-19(25)18-20/h3-4,6-9,18H,2,5,10-17H2,1H3. The second-order valence-corrected chi connectivity index (χ2v) is 8.33. The van der Waals surface area contributed by atoms with Crippen LogP contribution >= 0.6 is 11.6 Å². The van der Waals surface area contributed by atoms with Crippen molar-refractivity contribution in [1.29, 1.82) is 0 Å². The maximum atomic E-state index is 12.6. The molecule has 30 heavy (non-hydrogen) atoms. The SMILES string of the molecule is CCOc1cccc2c1CCC(=O)N2CCCN1CCN(c2cccc(Cl)c2)CC1. The van der Waals surface area contributed by atoms with E-state index in [-0.39, 0.29) is 5.91 Å². The summed E-state index contributed by atoms with van der Waals surface area (Å²) in [7, 11) is 0. The zero-order chi connectivity index (χ0) is 20.9. The summed E-state index contributed by atoms with van der Waals surface area (Å²) in [5.74, 6) is 1.14. The van der Waals surface area contributed by atoms with E-state index in [1.807, 2.05) is 42.2 Å². The molecule has 0 spiro atoms. The Bertz CT molecular complexity index is 881. The molecule has 2 aromatic carbocycles. The third kappa shape index (κ3) is 4.73. The third-order valence-electron chi connectivity index (χ3n) is 5.99. The van der Waals surface area contributed by atoms with Crippen LogP contribution in [0.3, 0.4) is 0 Å². The first-order chi connectivity index (χ1) is 14.7. The molecule has 4 rings (SSSR count). The van der Waals surface area contributed by atoms with Crippen molar-refractivity contribution in [3.63, 3.8) is 0 Å². The van der Waals surface area contributed by atoms with E-state index in [0.717, 1.165) is 68.6 Å². The number of halogens is 1. The molecule has 0 unspecified atom stereocenters. The molecule has 2 aliphatic rings. The van der Waals surface area contributed by atoms with Gasteiger partial charge >= 0.3 is 0 Å². The minimum Gasteiger partial charge on any atom is -0.494 e. The number of amides is 1. The Labute approximate surface area is 184 Å². The van der Waals surface area contributed by atoms with Crippen molar-refractivity contribution in [2.24, 2.45) is 0 Å². The summed E-state index contributed by atoms with van der Waals surface area (Å²) in [4.78, 5) is 19.4. The van der Waals surface area contributed by atoms with Gasteiger partial charge in [-0.3, -0.25) is 9.69 Å². The summed E-state index contributed by atoms with van der Waals surface area (Å²) in [6.07, 6.45) is 2.31. The number of benzene rings is 2. The van der Waals surface area contributed by atoms with Crippen LogP contribution in [0.25, 0.3) is 0 Å². The molecule has 0 radical (unpaired) electrons. The molecule has 1 fully saturated rings. The molecule has 6 heteroatoms. The lowest BCUT2D eigenvalue weighted by Gasteiger charge is -2.37. The van der Waals surface area contributed by atoms with Gasteiger partial charge in [-0.25, -0.2) is 0 Å². The molecule has 1 saturated heterocycles. The maximum Gasteiger partial charge on any atom is 0.227 e. The van der Waals surface area contributed by atoms with E-state index in [0.29, 0.717) is 13.0 Å². The van der Waals surface area contributed by atoms with Crippen LogP contribution in [0.1, 0.15) is 25.3 Å². The first-order valence-corrected chi connectivity index (χ1v) is 11.3. The van der Waals surface area contributed by atoms with Crippen molar-refractivity contribution in [3.05, 3.63) is 53.1 Å². The van der Waals surface area contributed by atoms with Gasteiger partial charge < -0.3 is 14.5 Å². The molecule has 2 aromatic rings. The van der Waals surface area contributed by atoms with Crippen molar-refractivity contribution >= 4 is 28.9 Å². The fraction of sp³-hybridized carbons (Fsp3) is 0.458. The number of anilines is 2. The van der Waals surface area contributed by atoms with Gasteiger partial charge in [0.1, 0.15) is 5.75 Å². The lowest BCUT2D eigenvalue weighted by Crippen LogP contribution is -2.47. The fourth-order valence-electron chi connectivity index (χ4n) is 4.45. The topological polar surface area (TPSA) is 36.0 Å². The average molecular weight is 428 g/mol. The van der Waals surface area contributed by atoms with Gasteiger partial charge in [0, 0.05) is 55.4 Å². The molecular weight excluding hydrogens is 398 g/mol. The highest BCUT2D eigenvalue weighted by atomic mass is 35.5. The van der Waals surface area contributed by atoms with E-state index < -0.39 is 0 Å². The van der Waals surface area contributed by atoms with Crippen LogP contribution in [-0.4, -0.2) is 56.7 Å². The van der Waals surface area contributed by atoms with Gasteiger partial charge in [-0.15, -0.1) is 0 Å². The van der Waals surface area contributed by atoms with Crippen molar-refractivity contribution in [2.75, 3.05) is 55.7 Å².